The summed E-state index contributed by atoms with van der Waals surface area (Å²) in [6, 6.07) is 0. The molecule has 1 saturated carbocycles. The molecule has 1 aliphatic carbocycles. The molecule has 1 fully saturated rings. The predicted molar refractivity (Wildman–Crippen MR) is 32.4 cm³/mol. The molecule has 0 radical (unpaired) electrons. The van der Waals surface area contributed by atoms with Gasteiger partial charge >= 0.3 is 0 Å². The van der Waals surface area contributed by atoms with Crippen LogP contribution >= 0.6 is 0 Å². The topological polar surface area (TPSA) is 46.2 Å². The molecule has 0 heterocycles. The van der Waals surface area contributed by atoms with Crippen LogP contribution in [-0.2, 0) is 0 Å². The van der Waals surface area contributed by atoms with E-state index in [9.17, 15) is 0 Å². The van der Waals surface area contributed by atoms with Gasteiger partial charge in [-0.2, -0.15) is 0 Å². The summed E-state index contributed by atoms with van der Waals surface area (Å²) in [4.78, 5) is 0. The van der Waals surface area contributed by atoms with Gasteiger partial charge in [-0.25, -0.2) is 0 Å². The van der Waals surface area contributed by atoms with Crippen molar-refractivity contribution in [2.45, 2.75) is 25.4 Å². The largest absolute Gasteiger partial charge is 0.392 e. The van der Waals surface area contributed by atoms with Gasteiger partial charge in [-0.15, -0.1) is 0 Å². The number of rotatable bonds is 3. The monoisotopic (exact) mass is 115 g/mol. The molecule has 0 saturated heterocycles. The Morgan fingerprint density at radius 2 is 2.25 bits per heavy atom. The Morgan fingerprint density at radius 3 is 2.62 bits per heavy atom. The number of hydrogen-bond donors (Lipinski definition) is 2. The molecule has 1 rings (SSSR count). The van der Waals surface area contributed by atoms with Crippen LogP contribution in [-0.4, -0.2) is 17.8 Å². The molecule has 48 valence electrons. The van der Waals surface area contributed by atoms with Crippen LogP contribution in [0, 0.1) is 5.92 Å². The molecule has 8 heavy (non-hydrogen) atoms. The van der Waals surface area contributed by atoms with Gasteiger partial charge in [0.15, 0.2) is 0 Å². The van der Waals surface area contributed by atoms with Crippen LogP contribution in [0.15, 0.2) is 0 Å². The van der Waals surface area contributed by atoms with Gasteiger partial charge < -0.3 is 10.8 Å². The second-order valence-electron chi connectivity index (χ2n) is 2.57. The molecule has 0 spiro atoms. The summed E-state index contributed by atoms with van der Waals surface area (Å²) < 4.78 is 0. The normalized spacial score (nSPS) is 23.2. The third-order valence-electron chi connectivity index (χ3n) is 1.57. The molecule has 1 unspecified atom stereocenters. The molecule has 3 N–H and O–H groups in total. The van der Waals surface area contributed by atoms with E-state index in [1.54, 1.807) is 0 Å². The maximum absolute atomic E-state index is 8.94. The van der Waals surface area contributed by atoms with Gasteiger partial charge in [0, 0.05) is 6.54 Å². The number of hydrogen-bond acceptors (Lipinski definition) is 2. The van der Waals surface area contributed by atoms with E-state index in [-0.39, 0.29) is 6.10 Å². The molecule has 2 heteroatoms. The van der Waals surface area contributed by atoms with Crippen molar-refractivity contribution in [3.8, 4) is 0 Å². The van der Waals surface area contributed by atoms with Crippen molar-refractivity contribution >= 4 is 0 Å². The molecular weight excluding hydrogens is 102 g/mol. The van der Waals surface area contributed by atoms with E-state index in [1.165, 1.54) is 12.8 Å². The van der Waals surface area contributed by atoms with Crippen molar-refractivity contribution in [1.82, 2.24) is 0 Å². The van der Waals surface area contributed by atoms with Crippen LogP contribution in [0.3, 0.4) is 0 Å². The Kier molecular flexibility index (Phi) is 1.86. The third-order valence-corrected chi connectivity index (χ3v) is 1.57. The summed E-state index contributed by atoms with van der Waals surface area (Å²) in [5.74, 6) is 0.800. The lowest BCUT2D eigenvalue weighted by Gasteiger charge is -2.03. The Bertz CT molecular complexity index is 70.9. The molecular formula is C6H13NO. The minimum absolute atomic E-state index is 0.234. The minimum Gasteiger partial charge on any atom is -0.392 e. The lowest BCUT2D eigenvalue weighted by atomic mass is 10.2. The van der Waals surface area contributed by atoms with Gasteiger partial charge in [0.1, 0.15) is 0 Å². The number of nitrogens with two attached hydrogens (primary N) is 1. The molecule has 1 aliphatic rings. The van der Waals surface area contributed by atoms with E-state index in [4.69, 9.17) is 10.8 Å². The molecule has 1 atom stereocenters. The molecule has 2 nitrogen and oxygen atoms in total. The van der Waals surface area contributed by atoms with Gasteiger partial charge in [-0.05, 0) is 12.3 Å². The number of aliphatic hydroxyl groups is 1. The highest BCUT2D eigenvalue weighted by molar-refractivity contribution is 4.76. The Morgan fingerprint density at radius 1 is 1.62 bits per heavy atom. The fraction of sp³-hybridized carbons (Fsp3) is 1.00. The molecule has 0 amide bonds. The Hall–Kier alpha value is -0.0800. The van der Waals surface area contributed by atoms with Gasteiger partial charge in [0.2, 0.25) is 0 Å². The predicted octanol–water partition coefficient (Wildman–Crippen LogP) is 0.106. The lowest BCUT2D eigenvalue weighted by molar-refractivity contribution is 0.166. The van der Waals surface area contributed by atoms with Crippen LogP contribution in [0.25, 0.3) is 0 Å². The molecule has 0 aliphatic heterocycles. The van der Waals surface area contributed by atoms with Crippen molar-refractivity contribution in [2.24, 2.45) is 11.7 Å². The first-order chi connectivity index (χ1) is 3.83. The van der Waals surface area contributed by atoms with E-state index in [2.05, 4.69) is 0 Å². The molecule has 0 aromatic heterocycles. The van der Waals surface area contributed by atoms with E-state index >= 15 is 0 Å². The second kappa shape index (κ2) is 2.46. The zero-order valence-electron chi connectivity index (χ0n) is 5.01. The Balaban J connectivity index is 1.98. The van der Waals surface area contributed by atoms with E-state index in [0.717, 1.165) is 12.3 Å². The number of aliphatic hydroxyl groups excluding tert-OH is 1. The molecule has 0 aromatic carbocycles. The Labute approximate surface area is 49.7 Å². The van der Waals surface area contributed by atoms with Gasteiger partial charge in [0.05, 0.1) is 6.10 Å². The first-order valence-corrected chi connectivity index (χ1v) is 3.21. The van der Waals surface area contributed by atoms with Crippen LogP contribution < -0.4 is 5.73 Å². The van der Waals surface area contributed by atoms with E-state index < -0.39 is 0 Å². The highest BCUT2D eigenvalue weighted by atomic mass is 16.3. The average Bonchev–Trinajstić information content (AvgIpc) is 2.50. The average molecular weight is 115 g/mol. The van der Waals surface area contributed by atoms with Crippen LogP contribution in [0.2, 0.25) is 0 Å². The highest BCUT2D eigenvalue weighted by Crippen LogP contribution is 2.33. The zero-order valence-corrected chi connectivity index (χ0v) is 5.01. The van der Waals surface area contributed by atoms with Crippen LogP contribution in [0.1, 0.15) is 19.3 Å². The van der Waals surface area contributed by atoms with Crippen molar-refractivity contribution in [1.29, 1.82) is 0 Å². The maximum Gasteiger partial charge on any atom is 0.0665 e. The van der Waals surface area contributed by atoms with Crippen LogP contribution in [0.5, 0.6) is 0 Å². The van der Waals surface area contributed by atoms with Crippen molar-refractivity contribution in [2.75, 3.05) is 6.54 Å². The first-order valence-electron chi connectivity index (χ1n) is 3.21. The summed E-state index contributed by atoms with van der Waals surface area (Å²) in [7, 11) is 0. The fourth-order valence-corrected chi connectivity index (χ4v) is 0.835. The van der Waals surface area contributed by atoms with E-state index in [0.29, 0.717) is 6.54 Å². The van der Waals surface area contributed by atoms with Gasteiger partial charge in [0.25, 0.3) is 0 Å². The standard InChI is InChI=1S/C6H13NO/c7-4-6(8)3-5-1-2-5/h5-6,8H,1-4,7H2. The van der Waals surface area contributed by atoms with E-state index in [1.807, 2.05) is 0 Å². The third kappa shape index (κ3) is 1.80. The fourth-order valence-electron chi connectivity index (χ4n) is 0.835. The second-order valence-corrected chi connectivity index (χ2v) is 2.57. The molecule has 0 aromatic rings. The van der Waals surface area contributed by atoms with Gasteiger partial charge in [-0.1, -0.05) is 12.8 Å². The molecule has 0 bridgehead atoms. The summed E-state index contributed by atoms with van der Waals surface area (Å²) in [5, 5.41) is 8.94. The van der Waals surface area contributed by atoms with Crippen molar-refractivity contribution in [3.05, 3.63) is 0 Å². The van der Waals surface area contributed by atoms with Crippen molar-refractivity contribution < 1.29 is 5.11 Å². The zero-order chi connectivity index (χ0) is 5.98. The summed E-state index contributed by atoms with van der Waals surface area (Å²) >= 11 is 0. The summed E-state index contributed by atoms with van der Waals surface area (Å²) in [6.07, 6.45) is 3.30. The highest BCUT2D eigenvalue weighted by Gasteiger charge is 2.23. The minimum atomic E-state index is -0.234. The SMILES string of the molecule is NCC(O)CC1CC1. The van der Waals surface area contributed by atoms with Gasteiger partial charge in [-0.3, -0.25) is 0 Å². The summed E-state index contributed by atoms with van der Waals surface area (Å²) in [5.41, 5.74) is 5.20. The smallest absolute Gasteiger partial charge is 0.0665 e. The first kappa shape index (κ1) is 6.05. The van der Waals surface area contributed by atoms with Crippen molar-refractivity contribution in [3.63, 3.8) is 0 Å². The van der Waals surface area contributed by atoms with Crippen LogP contribution in [0.4, 0.5) is 0 Å². The lowest BCUT2D eigenvalue weighted by Crippen LogP contribution is -2.19. The quantitative estimate of drug-likeness (QED) is 0.548. The summed E-state index contributed by atoms with van der Waals surface area (Å²) in [6.45, 7) is 0.427. The maximum atomic E-state index is 8.94.